The molecule has 5 rings (SSSR count). The SMILES string of the molecule is C[C@@]1(C(=O)O)CC[C@H]2[C@@H](CC=C3C[C@H](O)CC[C@@]32C)[C@H]1C[C@H]1Nc2ccccc2C1=O. The van der Waals surface area contributed by atoms with Gasteiger partial charge in [0.15, 0.2) is 5.78 Å². The molecule has 0 spiro atoms. The lowest BCUT2D eigenvalue weighted by molar-refractivity contribution is -0.161. The molecule has 1 aromatic carbocycles. The van der Waals surface area contributed by atoms with Gasteiger partial charge >= 0.3 is 5.97 Å². The number of allylic oxidation sites excluding steroid dienone is 1. The highest BCUT2D eigenvalue weighted by Gasteiger charge is 2.57. The van der Waals surface area contributed by atoms with Gasteiger partial charge in [-0.15, -0.1) is 0 Å². The molecule has 2 saturated carbocycles. The molecule has 0 bridgehead atoms. The van der Waals surface area contributed by atoms with Crippen LogP contribution < -0.4 is 5.32 Å². The van der Waals surface area contributed by atoms with Gasteiger partial charge in [0, 0.05) is 11.3 Å². The molecule has 2 fully saturated rings. The average Bonchev–Trinajstić information content (AvgIpc) is 3.06. The number of rotatable bonds is 3. The van der Waals surface area contributed by atoms with E-state index >= 15 is 0 Å². The number of Topliss-reactive ketones (excluding diaryl/α,β-unsaturated/α-hetero) is 1. The number of para-hydroxylation sites is 1. The zero-order valence-electron chi connectivity index (χ0n) is 18.4. The second kappa shape index (κ2) is 7.19. The molecule has 1 heterocycles. The molecule has 0 radical (unpaired) electrons. The van der Waals surface area contributed by atoms with E-state index in [1.807, 2.05) is 31.2 Å². The van der Waals surface area contributed by atoms with Crippen LogP contribution in [0.3, 0.4) is 0 Å². The Morgan fingerprint density at radius 2 is 1.97 bits per heavy atom. The van der Waals surface area contributed by atoms with Crippen molar-refractivity contribution in [3.8, 4) is 0 Å². The number of aliphatic carboxylic acids is 1. The Labute approximate surface area is 183 Å². The number of carbonyl (C=O) groups excluding carboxylic acids is 1. The van der Waals surface area contributed by atoms with E-state index in [1.165, 1.54) is 5.57 Å². The third-order valence-corrected chi connectivity index (χ3v) is 9.28. The molecule has 4 aliphatic rings. The summed E-state index contributed by atoms with van der Waals surface area (Å²) >= 11 is 0. The summed E-state index contributed by atoms with van der Waals surface area (Å²) in [5, 5.41) is 23.8. The lowest BCUT2D eigenvalue weighted by atomic mass is 9.47. The van der Waals surface area contributed by atoms with Crippen LogP contribution in [0.1, 0.15) is 69.2 Å². The van der Waals surface area contributed by atoms with Gasteiger partial charge < -0.3 is 15.5 Å². The van der Waals surface area contributed by atoms with Crippen LogP contribution in [0.25, 0.3) is 0 Å². The summed E-state index contributed by atoms with van der Waals surface area (Å²) in [5.74, 6) is -0.0585. The second-order valence-electron chi connectivity index (χ2n) is 10.8. The maximum atomic E-state index is 13.1. The first-order chi connectivity index (χ1) is 14.7. The van der Waals surface area contributed by atoms with E-state index in [-0.39, 0.29) is 35.2 Å². The van der Waals surface area contributed by atoms with Gasteiger partial charge in [-0.05, 0) is 87.2 Å². The molecule has 31 heavy (non-hydrogen) atoms. The van der Waals surface area contributed by atoms with Gasteiger partial charge in [0.05, 0.1) is 17.6 Å². The van der Waals surface area contributed by atoms with Gasteiger partial charge in [-0.1, -0.05) is 30.7 Å². The van der Waals surface area contributed by atoms with Crippen LogP contribution in [-0.2, 0) is 4.79 Å². The topological polar surface area (TPSA) is 86.6 Å². The van der Waals surface area contributed by atoms with Gasteiger partial charge in [0.1, 0.15) is 0 Å². The Hall–Kier alpha value is -2.14. The number of benzene rings is 1. The Morgan fingerprint density at radius 3 is 2.71 bits per heavy atom. The minimum Gasteiger partial charge on any atom is -0.481 e. The number of carbonyl (C=O) groups is 2. The zero-order valence-corrected chi connectivity index (χ0v) is 18.4. The number of aliphatic hydroxyl groups excluding tert-OH is 1. The number of aliphatic hydroxyl groups is 1. The van der Waals surface area contributed by atoms with E-state index in [1.54, 1.807) is 0 Å². The third kappa shape index (κ3) is 3.07. The minimum absolute atomic E-state index is 0.0380. The summed E-state index contributed by atoms with van der Waals surface area (Å²) in [4.78, 5) is 25.6. The van der Waals surface area contributed by atoms with Crippen molar-refractivity contribution in [2.45, 2.75) is 70.9 Å². The van der Waals surface area contributed by atoms with Crippen molar-refractivity contribution in [2.24, 2.45) is 28.6 Å². The van der Waals surface area contributed by atoms with E-state index in [9.17, 15) is 19.8 Å². The highest BCUT2D eigenvalue weighted by molar-refractivity contribution is 6.10. The van der Waals surface area contributed by atoms with Gasteiger partial charge in [-0.25, -0.2) is 0 Å². The Balaban J connectivity index is 1.48. The van der Waals surface area contributed by atoms with Crippen LogP contribution >= 0.6 is 0 Å². The van der Waals surface area contributed by atoms with Crippen molar-refractivity contribution in [3.05, 3.63) is 41.5 Å². The molecule has 0 aromatic heterocycles. The number of nitrogens with one attached hydrogen (secondary N) is 1. The number of hydrogen-bond acceptors (Lipinski definition) is 4. The summed E-state index contributed by atoms with van der Waals surface area (Å²) < 4.78 is 0. The fourth-order valence-corrected chi connectivity index (χ4v) is 7.35. The molecule has 1 aromatic rings. The van der Waals surface area contributed by atoms with Crippen molar-refractivity contribution in [1.82, 2.24) is 0 Å². The van der Waals surface area contributed by atoms with Crippen LogP contribution in [-0.4, -0.2) is 34.1 Å². The fraction of sp³-hybridized carbons (Fsp3) is 0.615. The number of ketones is 1. The number of anilines is 1. The molecule has 0 unspecified atom stereocenters. The standard InChI is InChI=1S/C26H33NO4/c1-25-11-9-16(28)13-15(25)7-8-17-19(25)10-12-26(2,24(30)31)20(17)14-22-23(29)18-5-3-4-6-21(18)27-22/h3-7,16-17,19-20,22,27-28H,8-14H2,1-2H3,(H,30,31)/t16-,17-,19+,20-,22-,25+,26-/m1/s1. The summed E-state index contributed by atoms with van der Waals surface area (Å²) in [7, 11) is 0. The molecule has 0 amide bonds. The van der Waals surface area contributed by atoms with E-state index < -0.39 is 11.4 Å². The van der Waals surface area contributed by atoms with Gasteiger partial charge in [-0.3, -0.25) is 9.59 Å². The zero-order chi connectivity index (χ0) is 22.0. The lowest BCUT2D eigenvalue weighted by Crippen LogP contribution is -2.54. The normalized spacial score (nSPS) is 41.5. The fourth-order valence-electron chi connectivity index (χ4n) is 7.35. The minimum atomic E-state index is -0.826. The van der Waals surface area contributed by atoms with Crippen molar-refractivity contribution >= 4 is 17.4 Å². The predicted octanol–water partition coefficient (Wildman–Crippen LogP) is 4.67. The second-order valence-corrected chi connectivity index (χ2v) is 10.8. The molecular formula is C26H33NO4. The maximum absolute atomic E-state index is 13.1. The van der Waals surface area contributed by atoms with E-state index in [0.717, 1.165) is 43.4 Å². The van der Waals surface area contributed by atoms with Crippen molar-refractivity contribution in [2.75, 3.05) is 5.32 Å². The van der Waals surface area contributed by atoms with Crippen LogP contribution in [0, 0.1) is 28.6 Å². The molecule has 5 nitrogen and oxygen atoms in total. The first-order valence-electron chi connectivity index (χ1n) is 11.7. The van der Waals surface area contributed by atoms with Gasteiger partial charge in [-0.2, -0.15) is 0 Å². The first kappa shape index (κ1) is 20.7. The monoisotopic (exact) mass is 423 g/mol. The Morgan fingerprint density at radius 1 is 1.19 bits per heavy atom. The predicted molar refractivity (Wildman–Crippen MR) is 119 cm³/mol. The molecule has 1 aliphatic heterocycles. The summed E-state index contributed by atoms with van der Waals surface area (Å²) in [6, 6.07) is 7.23. The van der Waals surface area contributed by atoms with E-state index in [0.29, 0.717) is 18.8 Å². The molecular weight excluding hydrogens is 390 g/mol. The van der Waals surface area contributed by atoms with Crippen LogP contribution in [0.15, 0.2) is 35.9 Å². The molecule has 7 atom stereocenters. The Bertz CT molecular complexity index is 954. The summed E-state index contributed by atoms with van der Waals surface area (Å²) in [5.41, 5.74) is 2.16. The van der Waals surface area contributed by atoms with Crippen LogP contribution in [0.4, 0.5) is 5.69 Å². The lowest BCUT2D eigenvalue weighted by Gasteiger charge is -2.57. The first-order valence-corrected chi connectivity index (χ1v) is 11.7. The number of fused-ring (bicyclic) bond motifs is 4. The third-order valence-electron chi connectivity index (χ3n) is 9.28. The molecule has 3 aliphatic carbocycles. The summed E-state index contributed by atoms with van der Waals surface area (Å²) in [6.45, 7) is 4.23. The van der Waals surface area contributed by atoms with Crippen molar-refractivity contribution in [1.29, 1.82) is 0 Å². The van der Waals surface area contributed by atoms with E-state index in [2.05, 4.69) is 18.3 Å². The number of hydrogen-bond donors (Lipinski definition) is 3. The average molecular weight is 424 g/mol. The largest absolute Gasteiger partial charge is 0.481 e. The highest BCUT2D eigenvalue weighted by atomic mass is 16.4. The molecule has 0 saturated heterocycles. The van der Waals surface area contributed by atoms with Crippen molar-refractivity contribution < 1.29 is 19.8 Å². The molecule has 166 valence electrons. The molecule has 5 heteroatoms. The Kier molecular flexibility index (Phi) is 4.81. The van der Waals surface area contributed by atoms with E-state index in [4.69, 9.17) is 0 Å². The van der Waals surface area contributed by atoms with Crippen LogP contribution in [0.5, 0.6) is 0 Å². The van der Waals surface area contributed by atoms with Crippen molar-refractivity contribution in [3.63, 3.8) is 0 Å². The maximum Gasteiger partial charge on any atom is 0.309 e. The summed E-state index contributed by atoms with van der Waals surface area (Å²) in [6.07, 6.45) is 7.52. The highest BCUT2D eigenvalue weighted by Crippen LogP contribution is 2.62. The van der Waals surface area contributed by atoms with Gasteiger partial charge in [0.25, 0.3) is 0 Å². The van der Waals surface area contributed by atoms with Gasteiger partial charge in [0.2, 0.25) is 0 Å². The number of carboxylic acids is 1. The quantitative estimate of drug-likeness (QED) is 0.615. The molecule has 3 N–H and O–H groups in total. The number of carboxylic acid groups (broad SMARTS) is 1. The van der Waals surface area contributed by atoms with Crippen LogP contribution in [0.2, 0.25) is 0 Å². The smallest absolute Gasteiger partial charge is 0.309 e.